The molecule has 7 heteroatoms. The fourth-order valence-corrected chi connectivity index (χ4v) is 8.53. The molecule has 4 aromatic carbocycles. The van der Waals surface area contributed by atoms with Crippen molar-refractivity contribution in [3.63, 3.8) is 0 Å². The van der Waals surface area contributed by atoms with Crippen molar-refractivity contribution in [1.82, 2.24) is 24.1 Å². The Morgan fingerprint density at radius 3 is 0.981 bits per heavy atom. The molecule has 2 aliphatic heterocycles. The van der Waals surface area contributed by atoms with Gasteiger partial charge in [0.15, 0.2) is 0 Å². The average Bonchev–Trinajstić information content (AvgIpc) is 3.84. The summed E-state index contributed by atoms with van der Waals surface area (Å²) in [6.45, 7) is 18.5. The molecule has 0 saturated carbocycles. The minimum atomic E-state index is -0.390. The highest BCUT2D eigenvalue weighted by atomic mass is 15.5. The van der Waals surface area contributed by atoms with Gasteiger partial charge < -0.3 is 9.13 Å². The van der Waals surface area contributed by atoms with Gasteiger partial charge in [-0.1, -0.05) is 127 Å². The minimum Gasteiger partial charge on any atom is -0.301 e. The van der Waals surface area contributed by atoms with E-state index in [2.05, 4.69) is 214 Å². The van der Waals surface area contributed by atoms with Gasteiger partial charge in [0.2, 0.25) is 11.9 Å². The molecule has 5 heterocycles. The third kappa shape index (κ3) is 4.63. The summed E-state index contributed by atoms with van der Waals surface area (Å²) in [6, 6.07) is 48.8. The van der Waals surface area contributed by atoms with E-state index in [1.165, 1.54) is 0 Å². The molecule has 0 fully saturated rings. The maximum absolute atomic E-state index is 5.57. The molecule has 3 aromatic heterocycles. The maximum Gasteiger partial charge on any atom is 0.213 e. The summed E-state index contributed by atoms with van der Waals surface area (Å²) >= 11 is 0. The summed E-state index contributed by atoms with van der Waals surface area (Å²) in [4.78, 5) is 21.3. The van der Waals surface area contributed by atoms with Crippen LogP contribution in [0.15, 0.2) is 140 Å². The number of aromatic nitrogens is 5. The number of imidazole rings is 2. The molecule has 0 spiro atoms. The molecule has 270 valence electrons. The highest BCUT2D eigenvalue weighted by molar-refractivity contribution is 5.85. The molecule has 9 rings (SSSR count). The van der Waals surface area contributed by atoms with E-state index in [1.54, 1.807) is 0 Å². The van der Waals surface area contributed by atoms with Crippen molar-refractivity contribution >= 4 is 23.5 Å². The first-order valence-corrected chi connectivity index (χ1v) is 18.9. The van der Waals surface area contributed by atoms with Crippen LogP contribution in [0.25, 0.3) is 45.0 Å². The van der Waals surface area contributed by atoms with Crippen molar-refractivity contribution in [1.29, 1.82) is 0 Å². The predicted octanol–water partition coefficient (Wildman–Crippen LogP) is 11.5. The zero-order valence-electron chi connectivity index (χ0n) is 32.4. The monoisotopic (exact) mass is 709 g/mol. The van der Waals surface area contributed by atoms with E-state index >= 15 is 0 Å². The van der Waals surface area contributed by atoms with Gasteiger partial charge in [0.1, 0.15) is 11.6 Å². The minimum absolute atomic E-state index is 0.356. The van der Waals surface area contributed by atoms with E-state index in [0.717, 1.165) is 68.6 Å². The first-order chi connectivity index (χ1) is 25.9. The second-order valence-corrected chi connectivity index (χ2v) is 16.6. The molecule has 7 aromatic rings. The van der Waals surface area contributed by atoms with Crippen LogP contribution in [0.2, 0.25) is 0 Å². The van der Waals surface area contributed by atoms with Crippen LogP contribution in [0.3, 0.4) is 0 Å². The second-order valence-electron chi connectivity index (χ2n) is 16.6. The summed E-state index contributed by atoms with van der Waals surface area (Å²) in [5.74, 6) is 3.46. The SMILES string of the molecule is CC1(C)N(c2cccc(N3c4nc(-c5ccccc5)c(-c5ccccc5)n4C(C)(C)C3(C)C)n2)c2nc(-c3ccccc3)c(-c3ccccc3)n2C1(C)C. The molecule has 0 unspecified atom stereocenters. The first-order valence-electron chi connectivity index (χ1n) is 18.9. The zero-order chi connectivity index (χ0) is 37.6. The molecular weight excluding hydrogens is 663 g/mol. The lowest BCUT2D eigenvalue weighted by Gasteiger charge is -2.43. The topological polar surface area (TPSA) is 55.0 Å². The standard InChI is InChI=1S/C47H47N7/c1-44(2)46(5,6)53-40(34-26-17-11-18-27-34)38(32-22-13-9-14-23-32)49-42(53)51(44)36-30-21-31-37(48-36)52-43-50-39(33-24-15-10-16-25-33)41(35-28-19-12-20-29-35)54(43)47(7,8)45(52,3)4/h9-31H,1-8H3. The normalized spacial score (nSPS) is 17.4. The summed E-state index contributed by atoms with van der Waals surface area (Å²) in [5.41, 5.74) is 7.11. The van der Waals surface area contributed by atoms with Crippen LogP contribution in [0, 0.1) is 0 Å². The van der Waals surface area contributed by atoms with Gasteiger partial charge in [0.25, 0.3) is 0 Å². The Labute approximate surface area is 318 Å². The Bertz CT molecular complexity index is 2320. The van der Waals surface area contributed by atoms with Gasteiger partial charge >= 0.3 is 0 Å². The number of anilines is 4. The Morgan fingerprint density at radius 1 is 0.333 bits per heavy atom. The number of hydrogen-bond donors (Lipinski definition) is 0. The summed E-state index contributed by atoms with van der Waals surface area (Å²) in [7, 11) is 0. The van der Waals surface area contributed by atoms with Gasteiger partial charge in [-0.05, 0) is 67.5 Å². The largest absolute Gasteiger partial charge is 0.301 e. The van der Waals surface area contributed by atoms with Gasteiger partial charge in [-0.15, -0.1) is 0 Å². The van der Waals surface area contributed by atoms with E-state index < -0.39 is 0 Å². The van der Waals surface area contributed by atoms with Crippen LogP contribution >= 0.6 is 0 Å². The molecule has 0 radical (unpaired) electrons. The molecule has 0 bridgehead atoms. The van der Waals surface area contributed by atoms with Crippen molar-refractivity contribution in [2.45, 2.75) is 77.5 Å². The second kappa shape index (κ2) is 11.8. The Morgan fingerprint density at radius 2 is 0.648 bits per heavy atom. The highest BCUT2D eigenvalue weighted by Gasteiger charge is 2.57. The lowest BCUT2D eigenvalue weighted by molar-refractivity contribution is 0.247. The number of benzene rings is 4. The van der Waals surface area contributed by atoms with Gasteiger partial charge in [-0.2, -0.15) is 0 Å². The summed E-state index contributed by atoms with van der Waals surface area (Å²) in [6.07, 6.45) is 0. The van der Waals surface area contributed by atoms with Gasteiger partial charge in [0.05, 0.1) is 44.9 Å². The fraction of sp³-hybridized carbons (Fsp3) is 0.255. The van der Waals surface area contributed by atoms with E-state index in [0.29, 0.717) is 0 Å². The molecule has 0 aliphatic carbocycles. The molecule has 7 nitrogen and oxygen atoms in total. The number of rotatable bonds is 6. The van der Waals surface area contributed by atoms with Crippen molar-refractivity contribution in [3.05, 3.63) is 140 Å². The first kappa shape index (κ1) is 33.9. The van der Waals surface area contributed by atoms with Crippen LogP contribution in [-0.4, -0.2) is 35.2 Å². The van der Waals surface area contributed by atoms with Crippen LogP contribution in [0.1, 0.15) is 55.4 Å². The lowest BCUT2D eigenvalue weighted by Crippen LogP contribution is -2.52. The van der Waals surface area contributed by atoms with Crippen molar-refractivity contribution in [2.75, 3.05) is 9.80 Å². The average molecular weight is 710 g/mol. The van der Waals surface area contributed by atoms with Crippen LogP contribution < -0.4 is 9.80 Å². The smallest absolute Gasteiger partial charge is 0.213 e. The molecule has 0 N–H and O–H groups in total. The number of nitrogens with zero attached hydrogens (tertiary/aromatic N) is 7. The van der Waals surface area contributed by atoms with Crippen molar-refractivity contribution < 1.29 is 0 Å². The summed E-state index contributed by atoms with van der Waals surface area (Å²) in [5, 5.41) is 0. The third-order valence-electron chi connectivity index (χ3n) is 12.7. The molecule has 0 atom stereocenters. The lowest BCUT2D eigenvalue weighted by atomic mass is 9.82. The van der Waals surface area contributed by atoms with Crippen LogP contribution in [-0.2, 0) is 11.1 Å². The predicted molar refractivity (Wildman–Crippen MR) is 222 cm³/mol. The third-order valence-corrected chi connectivity index (χ3v) is 12.7. The van der Waals surface area contributed by atoms with E-state index in [9.17, 15) is 0 Å². The number of pyridine rings is 1. The van der Waals surface area contributed by atoms with E-state index in [-0.39, 0.29) is 22.2 Å². The van der Waals surface area contributed by atoms with Crippen LogP contribution in [0.4, 0.5) is 23.5 Å². The molecule has 0 saturated heterocycles. The van der Waals surface area contributed by atoms with E-state index in [1.807, 2.05) is 0 Å². The molecule has 2 aliphatic rings. The Balaban J connectivity index is 1.25. The quantitative estimate of drug-likeness (QED) is 0.172. The van der Waals surface area contributed by atoms with E-state index in [4.69, 9.17) is 15.0 Å². The number of hydrogen-bond acceptors (Lipinski definition) is 5. The number of fused-ring (bicyclic) bond motifs is 2. The zero-order valence-corrected chi connectivity index (χ0v) is 32.4. The van der Waals surface area contributed by atoms with Crippen LogP contribution in [0.5, 0.6) is 0 Å². The highest BCUT2D eigenvalue weighted by Crippen LogP contribution is 2.56. The summed E-state index contributed by atoms with van der Waals surface area (Å²) < 4.78 is 4.87. The fourth-order valence-electron chi connectivity index (χ4n) is 8.53. The van der Waals surface area contributed by atoms with Crippen molar-refractivity contribution in [2.24, 2.45) is 0 Å². The molecule has 54 heavy (non-hydrogen) atoms. The van der Waals surface area contributed by atoms with Gasteiger partial charge in [-0.25, -0.2) is 15.0 Å². The Kier molecular flexibility index (Phi) is 7.38. The van der Waals surface area contributed by atoms with Crippen molar-refractivity contribution in [3.8, 4) is 45.0 Å². The van der Waals surface area contributed by atoms with Gasteiger partial charge in [0, 0.05) is 22.3 Å². The Hall–Kier alpha value is -5.95. The maximum atomic E-state index is 5.57. The molecule has 0 amide bonds. The molecular formula is C47H47N7. The van der Waals surface area contributed by atoms with Gasteiger partial charge in [-0.3, -0.25) is 9.80 Å².